The number of ether oxygens (including phenoxy) is 1. The Hall–Kier alpha value is -0.340. The first-order chi connectivity index (χ1) is 9.02. The Kier molecular flexibility index (Phi) is 4.73. The molecule has 2 rings (SSSR count). The Bertz CT molecular complexity index is 330. The van der Waals surface area contributed by atoms with Crippen molar-refractivity contribution in [1.82, 2.24) is 4.90 Å². The van der Waals surface area contributed by atoms with Gasteiger partial charge < -0.3 is 9.64 Å². The SMILES string of the molecule is CCN(CC)CCOCC1C(C)=CCC2C1C2(C)C. The molecular weight excluding hydrogens is 234 g/mol. The van der Waals surface area contributed by atoms with Gasteiger partial charge in [0.2, 0.25) is 0 Å². The lowest BCUT2D eigenvalue weighted by atomic mass is 9.88. The summed E-state index contributed by atoms with van der Waals surface area (Å²) in [7, 11) is 0. The van der Waals surface area contributed by atoms with E-state index in [2.05, 4.69) is 45.6 Å². The first kappa shape index (κ1) is 15.1. The standard InChI is InChI=1S/C17H31NO/c1-6-18(7-2)10-11-19-12-14-13(3)8-9-15-16(14)17(15,4)5/h8,14-16H,6-7,9-12H2,1-5H3. The number of hydrogen-bond donors (Lipinski definition) is 0. The van der Waals surface area contributed by atoms with E-state index in [0.717, 1.165) is 44.7 Å². The van der Waals surface area contributed by atoms with Crippen LogP contribution in [0, 0.1) is 23.2 Å². The van der Waals surface area contributed by atoms with Crippen molar-refractivity contribution in [3.63, 3.8) is 0 Å². The Labute approximate surface area is 119 Å². The zero-order valence-corrected chi connectivity index (χ0v) is 13.4. The first-order valence-corrected chi connectivity index (χ1v) is 7.99. The van der Waals surface area contributed by atoms with Crippen molar-refractivity contribution in [3.05, 3.63) is 11.6 Å². The van der Waals surface area contributed by atoms with Crippen LogP contribution < -0.4 is 0 Å². The average Bonchev–Trinajstić information content (AvgIpc) is 2.94. The topological polar surface area (TPSA) is 12.5 Å². The third kappa shape index (κ3) is 3.05. The van der Waals surface area contributed by atoms with E-state index in [1.807, 2.05) is 0 Å². The maximum atomic E-state index is 5.99. The molecule has 0 aromatic carbocycles. The molecule has 19 heavy (non-hydrogen) atoms. The van der Waals surface area contributed by atoms with Crippen molar-refractivity contribution in [2.45, 2.75) is 41.0 Å². The number of rotatable bonds is 7. The van der Waals surface area contributed by atoms with Gasteiger partial charge in [0.05, 0.1) is 13.2 Å². The lowest BCUT2D eigenvalue weighted by molar-refractivity contribution is 0.0781. The van der Waals surface area contributed by atoms with Crippen LogP contribution >= 0.6 is 0 Å². The predicted molar refractivity (Wildman–Crippen MR) is 81.2 cm³/mol. The van der Waals surface area contributed by atoms with Crippen LogP contribution in [0.15, 0.2) is 11.6 Å². The molecule has 0 N–H and O–H groups in total. The highest BCUT2D eigenvalue weighted by atomic mass is 16.5. The third-order valence-electron chi connectivity index (χ3n) is 5.59. The van der Waals surface area contributed by atoms with E-state index >= 15 is 0 Å². The van der Waals surface area contributed by atoms with Crippen molar-refractivity contribution in [1.29, 1.82) is 0 Å². The van der Waals surface area contributed by atoms with E-state index in [1.54, 1.807) is 5.57 Å². The van der Waals surface area contributed by atoms with Crippen LogP contribution in [0.3, 0.4) is 0 Å². The van der Waals surface area contributed by atoms with Gasteiger partial charge in [-0.3, -0.25) is 0 Å². The highest BCUT2D eigenvalue weighted by molar-refractivity contribution is 5.23. The minimum absolute atomic E-state index is 0.543. The zero-order valence-electron chi connectivity index (χ0n) is 13.4. The molecule has 2 aliphatic rings. The van der Waals surface area contributed by atoms with E-state index < -0.39 is 0 Å². The second kappa shape index (κ2) is 5.97. The molecule has 0 bridgehead atoms. The van der Waals surface area contributed by atoms with Gasteiger partial charge in [0.25, 0.3) is 0 Å². The molecule has 0 aromatic heterocycles. The molecule has 110 valence electrons. The third-order valence-corrected chi connectivity index (χ3v) is 5.59. The minimum Gasteiger partial charge on any atom is -0.379 e. The molecule has 0 spiro atoms. The first-order valence-electron chi connectivity index (χ1n) is 7.99. The summed E-state index contributed by atoms with van der Waals surface area (Å²) in [5.74, 6) is 2.45. The van der Waals surface area contributed by atoms with Crippen LogP contribution in [0.4, 0.5) is 0 Å². The monoisotopic (exact) mass is 265 g/mol. The molecule has 0 aromatic rings. The average molecular weight is 265 g/mol. The summed E-state index contributed by atoms with van der Waals surface area (Å²) >= 11 is 0. The largest absolute Gasteiger partial charge is 0.379 e. The van der Waals surface area contributed by atoms with Crippen LogP contribution in [-0.4, -0.2) is 37.7 Å². The number of nitrogens with zero attached hydrogens (tertiary/aromatic N) is 1. The van der Waals surface area contributed by atoms with Gasteiger partial charge in [0.15, 0.2) is 0 Å². The van der Waals surface area contributed by atoms with E-state index in [9.17, 15) is 0 Å². The van der Waals surface area contributed by atoms with Crippen LogP contribution in [0.1, 0.15) is 41.0 Å². The Morgan fingerprint density at radius 1 is 1.32 bits per heavy atom. The summed E-state index contributed by atoms with van der Waals surface area (Å²) in [5.41, 5.74) is 2.11. The summed E-state index contributed by atoms with van der Waals surface area (Å²) in [6.07, 6.45) is 3.74. The maximum absolute atomic E-state index is 5.99. The van der Waals surface area contributed by atoms with Crippen molar-refractivity contribution < 1.29 is 4.74 Å². The molecule has 2 aliphatic carbocycles. The Morgan fingerprint density at radius 2 is 2.00 bits per heavy atom. The van der Waals surface area contributed by atoms with Gasteiger partial charge >= 0.3 is 0 Å². The second-order valence-corrected chi connectivity index (χ2v) is 6.85. The van der Waals surface area contributed by atoms with Gasteiger partial charge in [-0.1, -0.05) is 39.3 Å². The Balaban J connectivity index is 1.76. The molecule has 0 saturated heterocycles. The van der Waals surface area contributed by atoms with Crippen LogP contribution in [-0.2, 0) is 4.74 Å². The smallest absolute Gasteiger partial charge is 0.0593 e. The fourth-order valence-corrected chi connectivity index (χ4v) is 3.96. The minimum atomic E-state index is 0.543. The van der Waals surface area contributed by atoms with Gasteiger partial charge in [-0.05, 0) is 43.7 Å². The second-order valence-electron chi connectivity index (χ2n) is 6.85. The molecule has 0 aliphatic heterocycles. The highest BCUT2D eigenvalue weighted by Gasteiger charge is 2.61. The molecule has 0 radical (unpaired) electrons. The van der Waals surface area contributed by atoms with Gasteiger partial charge in [-0.2, -0.15) is 0 Å². The fraction of sp³-hybridized carbons (Fsp3) is 0.882. The van der Waals surface area contributed by atoms with Crippen LogP contribution in [0.25, 0.3) is 0 Å². The molecule has 2 heteroatoms. The number of hydrogen-bond acceptors (Lipinski definition) is 2. The highest BCUT2D eigenvalue weighted by Crippen LogP contribution is 2.66. The molecule has 3 unspecified atom stereocenters. The predicted octanol–water partition coefficient (Wildman–Crippen LogP) is 3.58. The lowest BCUT2D eigenvalue weighted by Gasteiger charge is -2.23. The van der Waals surface area contributed by atoms with Crippen LogP contribution in [0.5, 0.6) is 0 Å². The zero-order chi connectivity index (χ0) is 14.0. The quantitative estimate of drug-likeness (QED) is 0.515. The van der Waals surface area contributed by atoms with Gasteiger partial charge in [-0.25, -0.2) is 0 Å². The van der Waals surface area contributed by atoms with Gasteiger partial charge in [0.1, 0.15) is 0 Å². The van der Waals surface area contributed by atoms with E-state index in [4.69, 9.17) is 4.74 Å². The molecule has 0 heterocycles. The fourth-order valence-electron chi connectivity index (χ4n) is 3.96. The van der Waals surface area contributed by atoms with E-state index in [-0.39, 0.29) is 0 Å². The summed E-state index contributed by atoms with van der Waals surface area (Å²) in [4.78, 5) is 2.42. The number of likely N-dealkylation sites (N-methyl/N-ethyl adjacent to an activating group) is 1. The molecule has 0 amide bonds. The lowest BCUT2D eigenvalue weighted by Crippen LogP contribution is -2.28. The van der Waals surface area contributed by atoms with Crippen molar-refractivity contribution >= 4 is 0 Å². The number of fused-ring (bicyclic) bond motifs is 1. The van der Waals surface area contributed by atoms with Gasteiger partial charge in [0, 0.05) is 12.5 Å². The normalized spacial score (nSPS) is 32.1. The maximum Gasteiger partial charge on any atom is 0.0593 e. The van der Waals surface area contributed by atoms with E-state index in [1.165, 1.54) is 6.42 Å². The van der Waals surface area contributed by atoms with Crippen molar-refractivity contribution in [3.8, 4) is 0 Å². The Morgan fingerprint density at radius 3 is 2.63 bits per heavy atom. The summed E-state index contributed by atoms with van der Waals surface area (Å²) in [6.45, 7) is 16.7. The number of allylic oxidation sites excluding steroid dienone is 1. The summed E-state index contributed by atoms with van der Waals surface area (Å²) in [6, 6.07) is 0. The molecule has 3 atom stereocenters. The van der Waals surface area contributed by atoms with E-state index in [0.29, 0.717) is 11.3 Å². The van der Waals surface area contributed by atoms with Crippen molar-refractivity contribution in [2.75, 3.05) is 32.8 Å². The van der Waals surface area contributed by atoms with Crippen LogP contribution in [0.2, 0.25) is 0 Å². The molecule has 1 saturated carbocycles. The van der Waals surface area contributed by atoms with Crippen molar-refractivity contribution in [2.24, 2.45) is 23.2 Å². The molecular formula is C17H31NO. The summed E-state index contributed by atoms with van der Waals surface area (Å²) in [5, 5.41) is 0. The molecule has 1 fully saturated rings. The summed E-state index contributed by atoms with van der Waals surface area (Å²) < 4.78 is 5.99. The molecule has 2 nitrogen and oxygen atoms in total. The van der Waals surface area contributed by atoms with Gasteiger partial charge in [-0.15, -0.1) is 0 Å².